The molecule has 0 aromatic heterocycles. The Balaban J connectivity index is 2.15. The maximum absolute atomic E-state index is 13.0. The van der Waals surface area contributed by atoms with Crippen LogP contribution in [0.2, 0.25) is 10.0 Å². The number of benzene rings is 2. The predicted octanol–water partition coefficient (Wildman–Crippen LogP) is 4.87. The van der Waals surface area contributed by atoms with Crippen LogP contribution in [0.5, 0.6) is 0 Å². The molecule has 28 heavy (non-hydrogen) atoms. The Labute approximate surface area is 176 Å². The van der Waals surface area contributed by atoms with Crippen molar-refractivity contribution in [2.75, 3.05) is 6.54 Å². The highest BCUT2D eigenvalue weighted by Gasteiger charge is 2.25. The first-order chi connectivity index (χ1) is 13.4. The molecule has 0 heterocycles. The van der Waals surface area contributed by atoms with Crippen molar-refractivity contribution in [1.82, 2.24) is 10.2 Å². The fourth-order valence-electron chi connectivity index (χ4n) is 2.85. The Hall–Kier alpha value is -2.04. The summed E-state index contributed by atoms with van der Waals surface area (Å²) in [6.45, 7) is 4.62. The number of aryl methyl sites for hydroxylation is 1. The summed E-state index contributed by atoms with van der Waals surface area (Å²) >= 11 is 12.1. The molecule has 2 rings (SSSR count). The van der Waals surface area contributed by atoms with Crippen molar-refractivity contribution in [2.45, 2.75) is 45.7 Å². The molecule has 6 heteroatoms. The fourth-order valence-corrected chi connectivity index (χ4v) is 3.17. The van der Waals surface area contributed by atoms with E-state index in [0.717, 1.165) is 17.5 Å². The Kier molecular flexibility index (Phi) is 8.81. The smallest absolute Gasteiger partial charge is 0.242 e. The van der Waals surface area contributed by atoms with Crippen LogP contribution in [-0.4, -0.2) is 29.3 Å². The van der Waals surface area contributed by atoms with E-state index in [2.05, 4.69) is 5.32 Å². The molecule has 1 N–H and O–H groups in total. The number of hydrogen-bond acceptors (Lipinski definition) is 2. The molecule has 0 aliphatic carbocycles. The lowest BCUT2D eigenvalue weighted by Gasteiger charge is -2.29. The number of halogens is 2. The molecule has 0 aliphatic rings. The molecule has 0 fully saturated rings. The summed E-state index contributed by atoms with van der Waals surface area (Å²) in [5, 5.41) is 3.76. The number of rotatable bonds is 9. The summed E-state index contributed by atoms with van der Waals surface area (Å²) in [5.74, 6) is -0.232. The number of carbonyl (C=O) groups excluding carboxylic acids is 2. The predicted molar refractivity (Wildman–Crippen MR) is 115 cm³/mol. The first-order valence-corrected chi connectivity index (χ1v) is 10.2. The highest BCUT2D eigenvalue weighted by molar-refractivity contribution is 6.42. The summed E-state index contributed by atoms with van der Waals surface area (Å²) in [6, 6.07) is 14.5. The van der Waals surface area contributed by atoms with Gasteiger partial charge in [-0.1, -0.05) is 66.5 Å². The van der Waals surface area contributed by atoms with Gasteiger partial charge in [0.25, 0.3) is 0 Å². The molecule has 2 aromatic rings. The van der Waals surface area contributed by atoms with E-state index in [9.17, 15) is 9.59 Å². The van der Waals surface area contributed by atoms with Gasteiger partial charge in [0.15, 0.2) is 0 Å². The van der Waals surface area contributed by atoms with Gasteiger partial charge in [0.05, 0.1) is 10.0 Å². The number of nitrogens with zero attached hydrogens (tertiary/aromatic N) is 1. The largest absolute Gasteiger partial charge is 0.354 e. The fraction of sp³-hybridized carbons (Fsp3) is 0.364. The van der Waals surface area contributed by atoms with Crippen LogP contribution in [0.25, 0.3) is 0 Å². The molecule has 150 valence electrons. The maximum atomic E-state index is 13.0. The van der Waals surface area contributed by atoms with Gasteiger partial charge in [-0.05, 0) is 43.0 Å². The Morgan fingerprint density at radius 2 is 1.75 bits per heavy atom. The molecule has 0 spiro atoms. The molecule has 0 aliphatic heterocycles. The second-order valence-corrected chi connectivity index (χ2v) is 7.54. The standard InChI is InChI=1S/C22H26Cl2N2O2/c1-3-13-25-22(28)16(2)26(15-18-9-11-19(23)20(24)14-18)21(27)12-10-17-7-5-4-6-8-17/h4-9,11,14,16H,3,10,12-13,15H2,1-2H3,(H,25,28). The minimum atomic E-state index is -0.579. The van der Waals surface area contributed by atoms with E-state index < -0.39 is 6.04 Å². The van der Waals surface area contributed by atoms with Gasteiger partial charge in [-0.2, -0.15) is 0 Å². The van der Waals surface area contributed by atoms with Crippen molar-refractivity contribution in [1.29, 1.82) is 0 Å². The number of nitrogens with one attached hydrogen (secondary N) is 1. The minimum Gasteiger partial charge on any atom is -0.354 e. The molecule has 2 aromatic carbocycles. The first-order valence-electron chi connectivity index (χ1n) is 9.47. The number of amides is 2. The minimum absolute atomic E-state index is 0.0749. The van der Waals surface area contributed by atoms with Gasteiger partial charge in [0, 0.05) is 19.5 Å². The van der Waals surface area contributed by atoms with Crippen LogP contribution >= 0.6 is 23.2 Å². The van der Waals surface area contributed by atoms with E-state index in [0.29, 0.717) is 36.0 Å². The van der Waals surface area contributed by atoms with Crippen molar-refractivity contribution in [2.24, 2.45) is 0 Å². The van der Waals surface area contributed by atoms with E-state index in [-0.39, 0.29) is 11.8 Å². The molecule has 0 saturated heterocycles. The van der Waals surface area contributed by atoms with Gasteiger partial charge < -0.3 is 10.2 Å². The number of hydrogen-bond donors (Lipinski definition) is 1. The van der Waals surface area contributed by atoms with Crippen LogP contribution in [0.4, 0.5) is 0 Å². The highest BCUT2D eigenvalue weighted by Crippen LogP contribution is 2.24. The zero-order chi connectivity index (χ0) is 20.5. The van der Waals surface area contributed by atoms with Crippen LogP contribution < -0.4 is 5.32 Å². The third-order valence-corrected chi connectivity index (χ3v) is 5.26. The topological polar surface area (TPSA) is 49.4 Å². The normalized spacial score (nSPS) is 11.7. The first kappa shape index (κ1) is 22.3. The Morgan fingerprint density at radius 3 is 2.39 bits per heavy atom. The monoisotopic (exact) mass is 420 g/mol. The van der Waals surface area contributed by atoms with Crippen LogP contribution in [-0.2, 0) is 22.6 Å². The van der Waals surface area contributed by atoms with Crippen LogP contribution in [0.1, 0.15) is 37.8 Å². The average molecular weight is 421 g/mol. The molecule has 0 saturated carbocycles. The van der Waals surface area contributed by atoms with Gasteiger partial charge in [-0.15, -0.1) is 0 Å². The van der Waals surface area contributed by atoms with Gasteiger partial charge in [0.1, 0.15) is 6.04 Å². The SMILES string of the molecule is CCCNC(=O)C(C)N(Cc1ccc(Cl)c(Cl)c1)C(=O)CCc1ccccc1. The molecule has 0 radical (unpaired) electrons. The summed E-state index contributed by atoms with van der Waals surface area (Å²) in [6.07, 6.45) is 1.80. The van der Waals surface area contributed by atoms with Gasteiger partial charge in [-0.25, -0.2) is 0 Å². The van der Waals surface area contributed by atoms with E-state index in [1.807, 2.05) is 43.3 Å². The molecular formula is C22H26Cl2N2O2. The molecular weight excluding hydrogens is 395 g/mol. The molecule has 2 amide bonds. The zero-order valence-electron chi connectivity index (χ0n) is 16.3. The molecule has 0 bridgehead atoms. The average Bonchev–Trinajstić information content (AvgIpc) is 2.71. The van der Waals surface area contributed by atoms with Gasteiger partial charge >= 0.3 is 0 Å². The van der Waals surface area contributed by atoms with Crippen LogP contribution in [0.3, 0.4) is 0 Å². The van der Waals surface area contributed by atoms with Gasteiger partial charge in [0.2, 0.25) is 11.8 Å². The Morgan fingerprint density at radius 1 is 1.04 bits per heavy atom. The van der Waals surface area contributed by atoms with Crippen molar-refractivity contribution in [3.05, 3.63) is 69.7 Å². The van der Waals surface area contributed by atoms with Crippen LogP contribution in [0, 0.1) is 0 Å². The van der Waals surface area contributed by atoms with Crippen molar-refractivity contribution in [3.63, 3.8) is 0 Å². The second kappa shape index (κ2) is 11.1. The third-order valence-electron chi connectivity index (χ3n) is 4.52. The summed E-state index contributed by atoms with van der Waals surface area (Å²) in [7, 11) is 0. The Bertz CT molecular complexity index is 796. The van der Waals surface area contributed by atoms with E-state index in [1.165, 1.54) is 0 Å². The summed E-state index contributed by atoms with van der Waals surface area (Å²) in [4.78, 5) is 27.1. The van der Waals surface area contributed by atoms with E-state index in [1.54, 1.807) is 24.0 Å². The van der Waals surface area contributed by atoms with E-state index in [4.69, 9.17) is 23.2 Å². The van der Waals surface area contributed by atoms with Crippen LogP contribution in [0.15, 0.2) is 48.5 Å². The summed E-state index contributed by atoms with van der Waals surface area (Å²) < 4.78 is 0. The maximum Gasteiger partial charge on any atom is 0.242 e. The highest BCUT2D eigenvalue weighted by atomic mass is 35.5. The third kappa shape index (κ3) is 6.54. The number of carbonyl (C=O) groups is 2. The van der Waals surface area contributed by atoms with Crippen molar-refractivity contribution < 1.29 is 9.59 Å². The quantitative estimate of drug-likeness (QED) is 0.628. The van der Waals surface area contributed by atoms with Crippen molar-refractivity contribution in [3.8, 4) is 0 Å². The van der Waals surface area contributed by atoms with Crippen molar-refractivity contribution >= 4 is 35.0 Å². The lowest BCUT2D eigenvalue weighted by molar-refractivity contribution is -0.140. The second-order valence-electron chi connectivity index (χ2n) is 6.72. The molecule has 1 unspecified atom stereocenters. The van der Waals surface area contributed by atoms with E-state index >= 15 is 0 Å². The molecule has 4 nitrogen and oxygen atoms in total. The lowest BCUT2D eigenvalue weighted by atomic mass is 10.1. The zero-order valence-corrected chi connectivity index (χ0v) is 17.8. The summed E-state index contributed by atoms with van der Waals surface area (Å²) in [5.41, 5.74) is 1.92. The lowest BCUT2D eigenvalue weighted by Crippen LogP contribution is -2.47. The molecule has 1 atom stereocenters. The van der Waals surface area contributed by atoms with Gasteiger partial charge in [-0.3, -0.25) is 9.59 Å².